The van der Waals surface area contributed by atoms with Crippen molar-refractivity contribution in [2.45, 2.75) is 43.2 Å². The van der Waals surface area contributed by atoms with Crippen molar-refractivity contribution in [3.05, 3.63) is 28.8 Å². The Morgan fingerprint density at radius 1 is 1.53 bits per heavy atom. The SMILES string of the molecule is CCSc1cc(Cl)ccc1C(=O)N[C@@H]1CCC[C@@H]1O. The first-order valence-corrected chi connectivity index (χ1v) is 7.89. The Morgan fingerprint density at radius 2 is 2.32 bits per heavy atom. The number of rotatable bonds is 4. The van der Waals surface area contributed by atoms with E-state index in [2.05, 4.69) is 5.32 Å². The van der Waals surface area contributed by atoms with Crippen LogP contribution in [0.15, 0.2) is 23.1 Å². The summed E-state index contributed by atoms with van der Waals surface area (Å²) in [7, 11) is 0. The highest BCUT2D eigenvalue weighted by Gasteiger charge is 2.27. The molecular weight excluding hydrogens is 282 g/mol. The van der Waals surface area contributed by atoms with Crippen LogP contribution in [0, 0.1) is 0 Å². The van der Waals surface area contributed by atoms with Crippen LogP contribution in [0.1, 0.15) is 36.5 Å². The Labute approximate surface area is 122 Å². The Hall–Kier alpha value is -0.710. The van der Waals surface area contributed by atoms with E-state index in [9.17, 15) is 9.90 Å². The predicted octanol–water partition coefficient (Wildman–Crippen LogP) is 3.10. The first-order chi connectivity index (χ1) is 9.11. The summed E-state index contributed by atoms with van der Waals surface area (Å²) in [6.07, 6.45) is 2.15. The summed E-state index contributed by atoms with van der Waals surface area (Å²) in [6, 6.07) is 5.16. The lowest BCUT2D eigenvalue weighted by molar-refractivity contribution is 0.0870. The monoisotopic (exact) mass is 299 g/mol. The Morgan fingerprint density at radius 3 is 2.95 bits per heavy atom. The standard InChI is InChI=1S/C14H18ClNO2S/c1-2-19-13-8-9(15)6-7-10(13)14(18)16-11-4-3-5-12(11)17/h6-8,11-12,17H,2-5H2,1H3,(H,16,18)/t11-,12+/m1/s1. The van der Waals surface area contributed by atoms with Crippen molar-refractivity contribution < 1.29 is 9.90 Å². The van der Waals surface area contributed by atoms with Gasteiger partial charge in [0.2, 0.25) is 0 Å². The van der Waals surface area contributed by atoms with Gasteiger partial charge in [0.05, 0.1) is 17.7 Å². The molecule has 1 aliphatic rings. The fourth-order valence-electron chi connectivity index (χ4n) is 2.31. The number of halogens is 1. The highest BCUT2D eigenvalue weighted by Crippen LogP contribution is 2.27. The van der Waals surface area contributed by atoms with Gasteiger partial charge in [-0.25, -0.2) is 0 Å². The van der Waals surface area contributed by atoms with Crippen LogP contribution in [-0.4, -0.2) is 28.9 Å². The van der Waals surface area contributed by atoms with E-state index in [-0.39, 0.29) is 11.9 Å². The second-order valence-corrected chi connectivity index (χ2v) is 6.39. The number of carbonyl (C=O) groups is 1. The van der Waals surface area contributed by atoms with Gasteiger partial charge in [0.25, 0.3) is 5.91 Å². The van der Waals surface area contributed by atoms with E-state index in [1.165, 1.54) is 0 Å². The number of benzene rings is 1. The molecule has 2 N–H and O–H groups in total. The summed E-state index contributed by atoms with van der Waals surface area (Å²) in [4.78, 5) is 13.2. The van der Waals surface area contributed by atoms with Crippen LogP contribution in [0.5, 0.6) is 0 Å². The van der Waals surface area contributed by atoms with Gasteiger partial charge >= 0.3 is 0 Å². The molecule has 1 saturated carbocycles. The number of hydrogen-bond donors (Lipinski definition) is 2. The Balaban J connectivity index is 2.13. The third-order valence-electron chi connectivity index (χ3n) is 3.28. The van der Waals surface area contributed by atoms with Crippen LogP contribution in [0.3, 0.4) is 0 Å². The molecule has 0 heterocycles. The molecule has 0 bridgehead atoms. The smallest absolute Gasteiger partial charge is 0.252 e. The summed E-state index contributed by atoms with van der Waals surface area (Å²) >= 11 is 7.56. The summed E-state index contributed by atoms with van der Waals surface area (Å²) in [5.41, 5.74) is 0.635. The average Bonchev–Trinajstić information content (AvgIpc) is 2.75. The molecule has 19 heavy (non-hydrogen) atoms. The van der Waals surface area contributed by atoms with Crippen LogP contribution >= 0.6 is 23.4 Å². The molecule has 0 radical (unpaired) electrons. The van der Waals surface area contributed by atoms with Crippen molar-refractivity contribution >= 4 is 29.3 Å². The maximum atomic E-state index is 12.3. The van der Waals surface area contributed by atoms with Crippen LogP contribution in [0.4, 0.5) is 0 Å². The van der Waals surface area contributed by atoms with E-state index < -0.39 is 6.10 Å². The van der Waals surface area contributed by atoms with Gasteiger partial charge in [-0.2, -0.15) is 0 Å². The maximum Gasteiger partial charge on any atom is 0.252 e. The van der Waals surface area contributed by atoms with Gasteiger partial charge in [-0.1, -0.05) is 18.5 Å². The molecule has 0 aromatic heterocycles. The molecule has 104 valence electrons. The van der Waals surface area contributed by atoms with Gasteiger partial charge in [0.15, 0.2) is 0 Å². The Bertz CT molecular complexity index is 467. The maximum absolute atomic E-state index is 12.3. The van der Waals surface area contributed by atoms with E-state index in [4.69, 9.17) is 11.6 Å². The van der Waals surface area contributed by atoms with Gasteiger partial charge in [-0.3, -0.25) is 4.79 Å². The Kier molecular flexibility index (Phi) is 5.13. The number of hydrogen-bond acceptors (Lipinski definition) is 3. The number of thioether (sulfide) groups is 1. The van der Waals surface area contributed by atoms with Crippen molar-refractivity contribution in [3.8, 4) is 0 Å². The second kappa shape index (κ2) is 6.64. The molecule has 1 fully saturated rings. The summed E-state index contributed by atoms with van der Waals surface area (Å²) in [5.74, 6) is 0.755. The second-order valence-electron chi connectivity index (χ2n) is 4.65. The first-order valence-electron chi connectivity index (χ1n) is 6.53. The van der Waals surface area contributed by atoms with E-state index >= 15 is 0 Å². The van der Waals surface area contributed by atoms with Crippen LogP contribution < -0.4 is 5.32 Å². The van der Waals surface area contributed by atoms with Crippen LogP contribution in [0.2, 0.25) is 5.02 Å². The number of aliphatic hydroxyl groups is 1. The highest BCUT2D eigenvalue weighted by atomic mass is 35.5. The van der Waals surface area contributed by atoms with Gasteiger partial charge in [-0.15, -0.1) is 11.8 Å². The molecule has 1 aliphatic carbocycles. The lowest BCUT2D eigenvalue weighted by atomic mass is 10.1. The van der Waals surface area contributed by atoms with Gasteiger partial charge < -0.3 is 10.4 Å². The molecular formula is C14H18ClNO2S. The average molecular weight is 300 g/mol. The molecule has 3 nitrogen and oxygen atoms in total. The molecule has 2 atom stereocenters. The fraction of sp³-hybridized carbons (Fsp3) is 0.500. The predicted molar refractivity (Wildman–Crippen MR) is 79.0 cm³/mol. The topological polar surface area (TPSA) is 49.3 Å². The van der Waals surface area contributed by atoms with E-state index in [1.807, 2.05) is 13.0 Å². The number of aliphatic hydroxyl groups excluding tert-OH is 1. The van der Waals surface area contributed by atoms with Gasteiger partial charge in [0, 0.05) is 9.92 Å². The largest absolute Gasteiger partial charge is 0.391 e. The van der Waals surface area contributed by atoms with Crippen LogP contribution in [-0.2, 0) is 0 Å². The minimum absolute atomic E-state index is 0.123. The minimum atomic E-state index is -0.418. The molecule has 1 amide bonds. The molecule has 0 spiro atoms. The lowest BCUT2D eigenvalue weighted by Crippen LogP contribution is -2.40. The fourth-order valence-corrected chi connectivity index (χ4v) is 3.39. The molecule has 5 heteroatoms. The molecule has 0 unspecified atom stereocenters. The van der Waals surface area contributed by atoms with Crippen molar-refractivity contribution in [1.29, 1.82) is 0 Å². The van der Waals surface area contributed by atoms with Crippen LogP contribution in [0.25, 0.3) is 0 Å². The first kappa shape index (κ1) is 14.7. The van der Waals surface area contributed by atoms with Crippen molar-refractivity contribution in [1.82, 2.24) is 5.32 Å². The molecule has 2 rings (SSSR count). The zero-order valence-corrected chi connectivity index (χ0v) is 12.4. The third kappa shape index (κ3) is 3.65. The van der Waals surface area contributed by atoms with E-state index in [1.54, 1.807) is 23.9 Å². The summed E-state index contributed by atoms with van der Waals surface area (Å²) in [6.45, 7) is 2.04. The lowest BCUT2D eigenvalue weighted by Gasteiger charge is -2.17. The van der Waals surface area contributed by atoms with Crippen molar-refractivity contribution in [2.75, 3.05) is 5.75 Å². The number of nitrogens with one attached hydrogen (secondary N) is 1. The minimum Gasteiger partial charge on any atom is -0.391 e. The summed E-state index contributed by atoms with van der Waals surface area (Å²) in [5, 5.41) is 13.3. The highest BCUT2D eigenvalue weighted by molar-refractivity contribution is 7.99. The molecule has 0 saturated heterocycles. The number of amides is 1. The molecule has 0 aliphatic heterocycles. The van der Waals surface area contributed by atoms with E-state index in [0.717, 1.165) is 29.9 Å². The summed E-state index contributed by atoms with van der Waals surface area (Å²) < 4.78 is 0. The van der Waals surface area contributed by atoms with Gasteiger partial charge in [-0.05, 0) is 43.2 Å². The molecule has 1 aromatic rings. The van der Waals surface area contributed by atoms with Gasteiger partial charge in [0.1, 0.15) is 0 Å². The molecule has 1 aromatic carbocycles. The van der Waals surface area contributed by atoms with E-state index in [0.29, 0.717) is 10.6 Å². The quantitative estimate of drug-likeness (QED) is 0.840. The third-order valence-corrected chi connectivity index (χ3v) is 4.46. The van der Waals surface area contributed by atoms with Crippen molar-refractivity contribution in [2.24, 2.45) is 0 Å². The zero-order chi connectivity index (χ0) is 13.8. The normalized spacial score (nSPS) is 22.5. The van der Waals surface area contributed by atoms with Crippen molar-refractivity contribution in [3.63, 3.8) is 0 Å². The zero-order valence-electron chi connectivity index (χ0n) is 10.9. The number of carbonyl (C=O) groups excluding carboxylic acids is 1.